The molecule has 0 aromatic heterocycles. The highest BCUT2D eigenvalue weighted by molar-refractivity contribution is 6.74. The first-order valence-corrected chi connectivity index (χ1v) is 14.9. The van der Waals surface area contributed by atoms with Crippen molar-refractivity contribution in [2.24, 2.45) is 0 Å². The zero-order chi connectivity index (χ0) is 24.0. The molecule has 0 N–H and O–H groups in total. The fourth-order valence-corrected chi connectivity index (χ4v) is 5.71. The van der Waals surface area contributed by atoms with Crippen LogP contribution in [0, 0.1) is 0 Å². The molecular formula is C25H40ClNO4Si. The van der Waals surface area contributed by atoms with Gasteiger partial charge in [0.15, 0.2) is 8.32 Å². The van der Waals surface area contributed by atoms with Crippen molar-refractivity contribution >= 4 is 26.0 Å². The second-order valence-electron chi connectivity index (χ2n) is 12.1. The number of benzene rings is 1. The summed E-state index contributed by atoms with van der Waals surface area (Å²) in [5.74, 6) is 0.759. The van der Waals surface area contributed by atoms with Crippen LogP contribution in [0.15, 0.2) is 24.3 Å². The Morgan fingerprint density at radius 1 is 0.969 bits per heavy atom. The molecule has 2 heterocycles. The number of rotatable bonds is 6. The quantitative estimate of drug-likeness (QED) is 0.408. The average Bonchev–Trinajstić information content (AvgIpc) is 3.15. The Kier molecular flexibility index (Phi) is 6.75. The maximum Gasteiger partial charge on any atom is 0.411 e. The molecule has 2 saturated heterocycles. The predicted octanol–water partition coefficient (Wildman–Crippen LogP) is 7.04. The van der Waals surface area contributed by atoms with Crippen molar-refractivity contribution in [1.29, 1.82) is 0 Å². The predicted molar refractivity (Wildman–Crippen MR) is 132 cm³/mol. The first-order valence-electron chi connectivity index (χ1n) is 11.7. The summed E-state index contributed by atoms with van der Waals surface area (Å²) in [6, 6.07) is 7.38. The molecule has 1 amide bonds. The van der Waals surface area contributed by atoms with E-state index in [1.165, 1.54) is 0 Å². The van der Waals surface area contributed by atoms with Crippen LogP contribution >= 0.6 is 11.6 Å². The minimum Gasteiger partial charge on any atom is -0.491 e. The van der Waals surface area contributed by atoms with Gasteiger partial charge in [-0.3, -0.25) is 4.90 Å². The van der Waals surface area contributed by atoms with E-state index < -0.39 is 13.9 Å². The molecule has 0 aliphatic carbocycles. The van der Waals surface area contributed by atoms with Gasteiger partial charge < -0.3 is 13.9 Å². The summed E-state index contributed by atoms with van der Waals surface area (Å²) in [5, 5.41) is 0.793. The summed E-state index contributed by atoms with van der Waals surface area (Å²) in [6.07, 6.45) is 3.34. The molecule has 2 aliphatic rings. The van der Waals surface area contributed by atoms with Gasteiger partial charge >= 0.3 is 6.09 Å². The minimum absolute atomic E-state index is 0.117. The third-order valence-electron chi connectivity index (χ3n) is 7.47. The first kappa shape index (κ1) is 25.4. The van der Waals surface area contributed by atoms with Gasteiger partial charge in [-0.1, -0.05) is 32.4 Å². The number of halogens is 1. The zero-order valence-corrected chi connectivity index (χ0v) is 22.8. The average molecular weight is 482 g/mol. The van der Waals surface area contributed by atoms with Crippen LogP contribution in [0.3, 0.4) is 0 Å². The van der Waals surface area contributed by atoms with Crippen LogP contribution in [-0.2, 0) is 9.16 Å². The molecule has 3 rings (SSSR count). The Balaban J connectivity index is 1.84. The monoisotopic (exact) mass is 481 g/mol. The zero-order valence-electron chi connectivity index (χ0n) is 21.0. The molecule has 2 fully saturated rings. The molecule has 0 radical (unpaired) electrons. The third-order valence-corrected chi connectivity index (χ3v) is 12.2. The highest BCUT2D eigenvalue weighted by atomic mass is 35.5. The lowest BCUT2D eigenvalue weighted by atomic mass is 9.83. The first-order chi connectivity index (χ1) is 14.6. The number of hydrogen-bond acceptors (Lipinski definition) is 4. The van der Waals surface area contributed by atoms with Gasteiger partial charge in [0.1, 0.15) is 18.0 Å². The van der Waals surface area contributed by atoms with E-state index >= 15 is 0 Å². The summed E-state index contributed by atoms with van der Waals surface area (Å²) in [4.78, 5) is 15.5. The van der Waals surface area contributed by atoms with E-state index in [9.17, 15) is 4.79 Å². The highest BCUT2D eigenvalue weighted by Crippen LogP contribution is 2.55. The number of ether oxygens (including phenoxy) is 2. The van der Waals surface area contributed by atoms with Crippen molar-refractivity contribution < 1.29 is 18.7 Å². The van der Waals surface area contributed by atoms with Gasteiger partial charge in [-0.05, 0) is 88.9 Å². The van der Waals surface area contributed by atoms with Crippen molar-refractivity contribution in [2.45, 2.75) is 102 Å². The van der Waals surface area contributed by atoms with Crippen LogP contribution in [0.2, 0.25) is 23.2 Å². The van der Waals surface area contributed by atoms with E-state index in [0.717, 1.165) is 31.4 Å². The number of amides is 1. The fraction of sp³-hybridized carbons (Fsp3) is 0.720. The molecule has 1 aromatic carbocycles. The van der Waals surface area contributed by atoms with E-state index in [1.54, 1.807) is 0 Å². The molecule has 32 heavy (non-hydrogen) atoms. The SMILES string of the molecule is CC(C)(C)OC(=O)N1C2(COc3ccc(Cl)cc3)CCC1(CO[Si](C)(C)C(C)(C)C)CC2. The minimum atomic E-state index is -1.95. The van der Waals surface area contributed by atoms with E-state index in [0.29, 0.717) is 18.2 Å². The van der Waals surface area contributed by atoms with Crippen LogP contribution in [0.25, 0.3) is 0 Å². The Bertz CT molecular complexity index is 818. The number of fused-ring (bicyclic) bond motifs is 2. The molecule has 180 valence electrons. The molecule has 1 aromatic rings. The molecule has 5 nitrogen and oxygen atoms in total. The maximum atomic E-state index is 13.5. The van der Waals surface area contributed by atoms with Crippen LogP contribution in [0.1, 0.15) is 67.2 Å². The lowest BCUT2D eigenvalue weighted by molar-refractivity contribution is -0.0202. The van der Waals surface area contributed by atoms with Crippen molar-refractivity contribution in [1.82, 2.24) is 4.90 Å². The molecule has 2 bridgehead atoms. The van der Waals surface area contributed by atoms with Gasteiger partial charge in [-0.25, -0.2) is 4.79 Å². The van der Waals surface area contributed by atoms with E-state index in [4.69, 9.17) is 25.5 Å². The third kappa shape index (κ3) is 5.12. The second kappa shape index (κ2) is 8.52. The van der Waals surface area contributed by atoms with Crippen molar-refractivity contribution in [3.63, 3.8) is 0 Å². The lowest BCUT2D eigenvalue weighted by Crippen LogP contribution is -2.57. The Hall–Kier alpha value is -1.24. The van der Waals surface area contributed by atoms with Crippen molar-refractivity contribution in [2.75, 3.05) is 13.2 Å². The van der Waals surface area contributed by atoms with Gasteiger partial charge in [0.2, 0.25) is 0 Å². The van der Waals surface area contributed by atoms with Gasteiger partial charge in [-0.15, -0.1) is 0 Å². The lowest BCUT2D eigenvalue weighted by Gasteiger charge is -2.43. The molecule has 7 heteroatoms. The summed E-state index contributed by atoms with van der Waals surface area (Å²) < 4.78 is 18.7. The Morgan fingerprint density at radius 2 is 1.47 bits per heavy atom. The summed E-state index contributed by atoms with van der Waals surface area (Å²) in [7, 11) is -1.95. The molecular weight excluding hydrogens is 442 g/mol. The van der Waals surface area contributed by atoms with Gasteiger partial charge in [-0.2, -0.15) is 0 Å². The standard InChI is InChI=1S/C25H40ClNO4Si/c1-22(2,3)31-21(28)27-24(17-29-20-11-9-19(26)10-12-20)13-15-25(27,16-14-24)18-30-32(7,8)23(4,5)6/h9-12H,13-18H2,1-8H3. The Morgan fingerprint density at radius 3 is 1.94 bits per heavy atom. The van der Waals surface area contributed by atoms with Crippen molar-refractivity contribution in [3.8, 4) is 5.75 Å². The Labute approximate surface area is 199 Å². The van der Waals surface area contributed by atoms with Gasteiger partial charge in [0.25, 0.3) is 0 Å². The number of carbonyl (C=O) groups is 1. The maximum absolute atomic E-state index is 13.5. The normalized spacial score (nSPS) is 25.8. The number of nitrogens with zero attached hydrogens (tertiary/aromatic N) is 1. The molecule has 0 atom stereocenters. The van der Waals surface area contributed by atoms with Crippen LogP contribution in [0.4, 0.5) is 4.79 Å². The number of hydrogen-bond donors (Lipinski definition) is 0. The fourth-order valence-electron chi connectivity index (χ4n) is 4.52. The summed E-state index contributed by atoms with van der Waals surface area (Å²) in [5.41, 5.74) is -1.27. The van der Waals surface area contributed by atoms with Crippen LogP contribution in [-0.4, -0.2) is 49.2 Å². The van der Waals surface area contributed by atoms with E-state index in [1.807, 2.05) is 49.9 Å². The van der Waals surface area contributed by atoms with Crippen LogP contribution < -0.4 is 4.74 Å². The van der Waals surface area contributed by atoms with Gasteiger partial charge in [0.05, 0.1) is 17.7 Å². The van der Waals surface area contributed by atoms with E-state index in [2.05, 4.69) is 33.9 Å². The van der Waals surface area contributed by atoms with E-state index in [-0.39, 0.29) is 22.2 Å². The smallest absolute Gasteiger partial charge is 0.411 e. The van der Waals surface area contributed by atoms with Crippen LogP contribution in [0.5, 0.6) is 5.75 Å². The second-order valence-corrected chi connectivity index (χ2v) is 17.3. The molecule has 2 aliphatic heterocycles. The van der Waals surface area contributed by atoms with Crippen molar-refractivity contribution in [3.05, 3.63) is 29.3 Å². The molecule has 0 saturated carbocycles. The summed E-state index contributed by atoms with van der Waals surface area (Å²) >= 11 is 6.01. The topological polar surface area (TPSA) is 48.0 Å². The van der Waals surface area contributed by atoms with Gasteiger partial charge in [0, 0.05) is 5.02 Å². The molecule has 0 unspecified atom stereocenters. The summed E-state index contributed by atoms with van der Waals surface area (Å²) in [6.45, 7) is 18.0. The number of carbonyl (C=O) groups excluding carboxylic acids is 1. The molecule has 0 spiro atoms. The highest BCUT2D eigenvalue weighted by Gasteiger charge is 2.64. The largest absolute Gasteiger partial charge is 0.491 e.